The smallest absolute Gasteiger partial charge is 0.256 e. The summed E-state index contributed by atoms with van der Waals surface area (Å²) in [4.78, 5) is 26.0. The van der Waals surface area contributed by atoms with Crippen LogP contribution in [0.25, 0.3) is 16.8 Å². The van der Waals surface area contributed by atoms with E-state index in [2.05, 4.69) is 10.4 Å². The topological polar surface area (TPSA) is 64.0 Å². The summed E-state index contributed by atoms with van der Waals surface area (Å²) in [7, 11) is 0. The predicted molar refractivity (Wildman–Crippen MR) is 114 cm³/mol. The van der Waals surface area contributed by atoms with Crippen LogP contribution in [0.2, 0.25) is 0 Å². The Morgan fingerprint density at radius 1 is 0.828 bits per heavy atom. The van der Waals surface area contributed by atoms with E-state index in [1.54, 1.807) is 35.9 Å². The van der Waals surface area contributed by atoms with E-state index < -0.39 is 0 Å². The van der Waals surface area contributed by atoms with Gasteiger partial charge in [0.25, 0.3) is 5.91 Å². The monoisotopic (exact) mass is 381 g/mol. The van der Waals surface area contributed by atoms with Crippen molar-refractivity contribution in [1.82, 2.24) is 9.78 Å². The fourth-order valence-electron chi connectivity index (χ4n) is 3.15. The van der Waals surface area contributed by atoms with Crippen molar-refractivity contribution < 1.29 is 4.79 Å². The van der Waals surface area contributed by atoms with Crippen LogP contribution in [0.15, 0.2) is 95.8 Å². The fourth-order valence-corrected chi connectivity index (χ4v) is 3.15. The van der Waals surface area contributed by atoms with E-state index in [4.69, 9.17) is 0 Å². The molecule has 1 aromatic heterocycles. The van der Waals surface area contributed by atoms with Crippen LogP contribution in [-0.4, -0.2) is 15.7 Å². The lowest BCUT2D eigenvalue weighted by Gasteiger charge is -2.18. The zero-order chi connectivity index (χ0) is 20.2. The zero-order valence-corrected chi connectivity index (χ0v) is 15.9. The average Bonchev–Trinajstić information content (AvgIpc) is 2.78. The Balaban J connectivity index is 1.96. The molecule has 0 saturated heterocycles. The summed E-state index contributed by atoms with van der Waals surface area (Å²) in [6.45, 7) is 1.68. The van der Waals surface area contributed by atoms with Crippen molar-refractivity contribution >= 4 is 11.7 Å². The first-order valence-electron chi connectivity index (χ1n) is 9.26. The van der Waals surface area contributed by atoms with Crippen molar-refractivity contribution in [3.63, 3.8) is 0 Å². The van der Waals surface area contributed by atoms with Crippen molar-refractivity contribution in [2.75, 3.05) is 5.32 Å². The molecular weight excluding hydrogens is 362 g/mol. The number of rotatable bonds is 4. The van der Waals surface area contributed by atoms with Crippen LogP contribution in [0.4, 0.5) is 5.82 Å². The second-order valence-electron chi connectivity index (χ2n) is 6.57. The minimum absolute atomic E-state index is 0.216. The van der Waals surface area contributed by atoms with Gasteiger partial charge in [-0.05, 0) is 36.8 Å². The number of carbonyl (C=O) groups is 1. The van der Waals surface area contributed by atoms with Gasteiger partial charge >= 0.3 is 0 Å². The summed E-state index contributed by atoms with van der Waals surface area (Å²) in [5.74, 6) is 0.0318. The second-order valence-corrected chi connectivity index (χ2v) is 6.57. The van der Waals surface area contributed by atoms with Gasteiger partial charge in [-0.15, -0.1) is 0 Å². The number of carbonyl (C=O) groups excluding carboxylic acids is 1. The number of para-hydroxylation sites is 1. The third kappa shape index (κ3) is 3.71. The molecular formula is C24H19N3O2. The molecule has 0 atom stereocenters. The van der Waals surface area contributed by atoms with Crippen LogP contribution in [0.1, 0.15) is 16.1 Å². The lowest BCUT2D eigenvalue weighted by atomic mass is 10.0. The number of benzene rings is 3. The Morgan fingerprint density at radius 3 is 2.00 bits per heavy atom. The molecule has 5 heteroatoms. The highest BCUT2D eigenvalue weighted by Gasteiger charge is 2.20. The molecule has 1 amide bonds. The lowest BCUT2D eigenvalue weighted by molar-refractivity contribution is 0.102. The standard InChI is InChI=1S/C24H19N3O2/c1-17-22(28)21(18-11-5-2-6-12-18)23(25-24(29)19-13-7-3-8-14-19)27(26-17)20-15-9-4-10-16-20/h2-16H,1H3,(H,25,29). The minimum atomic E-state index is -0.308. The van der Waals surface area contributed by atoms with Crippen molar-refractivity contribution in [1.29, 1.82) is 0 Å². The Kier molecular flexibility index (Phi) is 5.03. The molecule has 0 aliphatic carbocycles. The number of nitrogens with zero attached hydrogens (tertiary/aromatic N) is 2. The van der Waals surface area contributed by atoms with Crippen LogP contribution >= 0.6 is 0 Å². The molecule has 0 aliphatic rings. The van der Waals surface area contributed by atoms with Gasteiger partial charge in [-0.1, -0.05) is 66.7 Å². The highest BCUT2D eigenvalue weighted by Crippen LogP contribution is 2.27. The van der Waals surface area contributed by atoms with Crippen LogP contribution in [0, 0.1) is 6.92 Å². The van der Waals surface area contributed by atoms with Gasteiger partial charge in [0, 0.05) is 5.56 Å². The third-order valence-corrected chi connectivity index (χ3v) is 4.59. The van der Waals surface area contributed by atoms with Crippen LogP contribution in [0.3, 0.4) is 0 Å². The van der Waals surface area contributed by atoms with Gasteiger partial charge in [0.15, 0.2) is 0 Å². The number of anilines is 1. The molecule has 5 nitrogen and oxygen atoms in total. The predicted octanol–water partition coefficient (Wildman–Crippen LogP) is 4.46. The Hall–Kier alpha value is -3.99. The number of aryl methyl sites for hydroxylation is 1. The van der Waals surface area contributed by atoms with Gasteiger partial charge in [-0.3, -0.25) is 9.59 Å². The molecule has 0 aliphatic heterocycles. The van der Waals surface area contributed by atoms with E-state index >= 15 is 0 Å². The Labute approximate surface area is 168 Å². The first kappa shape index (κ1) is 18.4. The summed E-state index contributed by atoms with van der Waals surface area (Å²) >= 11 is 0. The number of hydrogen-bond acceptors (Lipinski definition) is 3. The third-order valence-electron chi connectivity index (χ3n) is 4.59. The van der Waals surface area contributed by atoms with Gasteiger partial charge in [0.2, 0.25) is 5.43 Å². The van der Waals surface area contributed by atoms with Gasteiger partial charge in [0.1, 0.15) is 11.5 Å². The van der Waals surface area contributed by atoms with Crippen LogP contribution in [0.5, 0.6) is 0 Å². The molecule has 0 fully saturated rings. The quantitative estimate of drug-likeness (QED) is 0.568. The normalized spacial score (nSPS) is 10.5. The van der Waals surface area contributed by atoms with E-state index in [-0.39, 0.29) is 11.3 Å². The van der Waals surface area contributed by atoms with E-state index in [0.29, 0.717) is 22.6 Å². The molecule has 0 saturated carbocycles. The molecule has 1 heterocycles. The van der Waals surface area contributed by atoms with E-state index in [0.717, 1.165) is 11.3 Å². The number of nitrogens with one attached hydrogen (secondary N) is 1. The molecule has 29 heavy (non-hydrogen) atoms. The van der Waals surface area contributed by atoms with Crippen LogP contribution < -0.4 is 10.7 Å². The van der Waals surface area contributed by atoms with E-state index in [1.807, 2.05) is 66.7 Å². The van der Waals surface area contributed by atoms with E-state index in [1.165, 1.54) is 0 Å². The first-order valence-corrected chi connectivity index (χ1v) is 9.26. The highest BCUT2D eigenvalue weighted by atomic mass is 16.2. The number of amides is 1. The Morgan fingerprint density at radius 2 is 1.38 bits per heavy atom. The maximum atomic E-state index is 13.1. The van der Waals surface area contributed by atoms with Gasteiger partial charge < -0.3 is 5.32 Å². The molecule has 4 aromatic rings. The summed E-state index contributed by atoms with van der Waals surface area (Å²) in [6, 6.07) is 27.6. The SMILES string of the molecule is Cc1nn(-c2ccccc2)c(NC(=O)c2ccccc2)c(-c2ccccc2)c1=O. The molecule has 0 radical (unpaired) electrons. The van der Waals surface area contributed by atoms with Crippen molar-refractivity contribution in [3.8, 4) is 16.8 Å². The fraction of sp³-hybridized carbons (Fsp3) is 0.0417. The largest absolute Gasteiger partial charge is 0.306 e. The molecule has 4 rings (SSSR count). The van der Waals surface area contributed by atoms with Crippen molar-refractivity contribution in [3.05, 3.63) is 112 Å². The second kappa shape index (κ2) is 7.94. The molecule has 3 aromatic carbocycles. The molecule has 142 valence electrons. The maximum absolute atomic E-state index is 13.1. The molecule has 0 bridgehead atoms. The summed E-state index contributed by atoms with van der Waals surface area (Å²) in [5, 5.41) is 7.39. The molecule has 0 spiro atoms. The maximum Gasteiger partial charge on any atom is 0.256 e. The zero-order valence-electron chi connectivity index (χ0n) is 15.9. The summed E-state index contributed by atoms with van der Waals surface area (Å²) < 4.78 is 1.61. The minimum Gasteiger partial charge on any atom is -0.306 e. The summed E-state index contributed by atoms with van der Waals surface area (Å²) in [6.07, 6.45) is 0. The summed E-state index contributed by atoms with van der Waals surface area (Å²) in [5.41, 5.74) is 2.51. The molecule has 1 N–H and O–H groups in total. The van der Waals surface area contributed by atoms with Gasteiger partial charge in [-0.25, -0.2) is 4.68 Å². The number of aromatic nitrogens is 2. The number of hydrogen-bond donors (Lipinski definition) is 1. The highest BCUT2D eigenvalue weighted by molar-refractivity contribution is 6.05. The molecule has 0 unspecified atom stereocenters. The van der Waals surface area contributed by atoms with Crippen molar-refractivity contribution in [2.45, 2.75) is 6.92 Å². The van der Waals surface area contributed by atoms with Gasteiger partial charge in [0.05, 0.1) is 11.3 Å². The first-order chi connectivity index (χ1) is 14.1. The average molecular weight is 381 g/mol. The van der Waals surface area contributed by atoms with E-state index in [9.17, 15) is 9.59 Å². The lowest BCUT2D eigenvalue weighted by Crippen LogP contribution is -2.24. The van der Waals surface area contributed by atoms with Crippen molar-refractivity contribution in [2.24, 2.45) is 0 Å². The van der Waals surface area contributed by atoms with Gasteiger partial charge in [-0.2, -0.15) is 5.10 Å². The van der Waals surface area contributed by atoms with Crippen LogP contribution in [-0.2, 0) is 0 Å². The Bertz CT molecular complexity index is 1200.